The first-order chi connectivity index (χ1) is 26.8. The van der Waals surface area contributed by atoms with E-state index >= 15 is 0 Å². The Morgan fingerprint density at radius 2 is 0.630 bits per heavy atom. The third kappa shape index (κ3) is 5.99. The fraction of sp³-hybridized carbons (Fsp3) is 0.111. The van der Waals surface area contributed by atoms with Gasteiger partial charge in [0.1, 0.15) is 0 Å². The molecule has 10 rings (SSSR count). The highest BCUT2D eigenvalue weighted by atomic mass is 14.3. The molecule has 0 aliphatic heterocycles. The van der Waals surface area contributed by atoms with E-state index in [9.17, 15) is 0 Å². The van der Waals surface area contributed by atoms with Gasteiger partial charge in [0.2, 0.25) is 0 Å². The summed E-state index contributed by atoms with van der Waals surface area (Å²) < 4.78 is 0. The fourth-order valence-electron chi connectivity index (χ4n) is 9.22. The summed E-state index contributed by atoms with van der Waals surface area (Å²) in [7, 11) is 0. The second-order valence-corrected chi connectivity index (χ2v) is 15.1. The Morgan fingerprint density at radius 3 is 1.06 bits per heavy atom. The van der Waals surface area contributed by atoms with E-state index < -0.39 is 0 Å². The van der Waals surface area contributed by atoms with Crippen LogP contribution < -0.4 is 0 Å². The van der Waals surface area contributed by atoms with Crippen molar-refractivity contribution in [2.24, 2.45) is 0 Å². The quantitative estimate of drug-likeness (QED) is 0.169. The van der Waals surface area contributed by atoms with E-state index in [2.05, 4.69) is 194 Å². The van der Waals surface area contributed by atoms with Crippen LogP contribution in [0.2, 0.25) is 0 Å². The Balaban J connectivity index is 0.985. The molecule has 0 saturated carbocycles. The number of benzene rings is 8. The maximum atomic E-state index is 2.47. The van der Waals surface area contributed by atoms with Crippen molar-refractivity contribution >= 4 is 0 Å². The van der Waals surface area contributed by atoms with Crippen LogP contribution in [0.25, 0.3) is 55.6 Å². The lowest BCUT2D eigenvalue weighted by Crippen LogP contribution is -2.02. The predicted molar refractivity (Wildman–Crippen MR) is 227 cm³/mol. The van der Waals surface area contributed by atoms with E-state index in [0.717, 1.165) is 25.7 Å². The molecule has 0 saturated heterocycles. The summed E-state index contributed by atoms with van der Waals surface area (Å²) in [4.78, 5) is 0. The average Bonchev–Trinajstić information content (AvgIpc) is 3.52. The Hall–Kier alpha value is -6.24. The summed E-state index contributed by atoms with van der Waals surface area (Å²) in [6, 6.07) is 72.7. The van der Waals surface area contributed by atoms with Crippen molar-refractivity contribution in [2.45, 2.75) is 37.5 Å². The lowest BCUT2D eigenvalue weighted by molar-refractivity contribution is 0.726. The van der Waals surface area contributed by atoms with Gasteiger partial charge in [0, 0.05) is 11.8 Å². The average molecular weight is 691 g/mol. The highest BCUT2D eigenvalue weighted by molar-refractivity contribution is 5.83. The molecule has 0 spiro atoms. The monoisotopic (exact) mass is 690 g/mol. The van der Waals surface area contributed by atoms with E-state index in [1.165, 1.54) is 89.0 Å². The second kappa shape index (κ2) is 14.0. The van der Waals surface area contributed by atoms with Gasteiger partial charge in [-0.05, 0) is 127 Å². The Bertz CT molecular complexity index is 2390. The van der Waals surface area contributed by atoms with E-state index in [1.807, 2.05) is 0 Å². The first-order valence-electron chi connectivity index (χ1n) is 19.5. The van der Waals surface area contributed by atoms with Crippen LogP contribution in [0.4, 0.5) is 0 Å². The maximum absolute atomic E-state index is 2.47. The standard InChI is InChI=1S/C54H42/c1-3-11-37(12-4-1)39-19-23-41(24-20-39)47-33-31-43-27-29-45(35-53(43)51-17-9-7-15-49(47)51)46-30-28-44-32-34-48(50-16-8-10-18-52(50)54(44)36-46)42-25-21-40(22-26-42)38-13-5-2-6-14-38/h1-30,35-36,47-48H,31-34H2. The van der Waals surface area contributed by atoms with Gasteiger partial charge in [0.25, 0.3) is 0 Å². The van der Waals surface area contributed by atoms with E-state index in [0.29, 0.717) is 11.8 Å². The topological polar surface area (TPSA) is 0 Å². The van der Waals surface area contributed by atoms with Crippen molar-refractivity contribution in [2.75, 3.05) is 0 Å². The molecule has 2 aliphatic rings. The fourth-order valence-corrected chi connectivity index (χ4v) is 9.22. The van der Waals surface area contributed by atoms with Crippen molar-refractivity contribution in [3.05, 3.63) is 228 Å². The first kappa shape index (κ1) is 32.4. The minimum absolute atomic E-state index is 0.355. The highest BCUT2D eigenvalue weighted by Crippen LogP contribution is 2.45. The van der Waals surface area contributed by atoms with Crippen LogP contribution in [0.1, 0.15) is 58.1 Å². The SMILES string of the molecule is c1ccc(-c2ccc(C3CCc4ccc(-c5ccc6c(c5)-c5ccccc5C(c5ccc(-c7ccccc7)cc5)CC6)cc4-c4ccccc43)cc2)cc1. The molecule has 0 fully saturated rings. The lowest BCUT2D eigenvalue weighted by Gasteiger charge is -2.19. The summed E-state index contributed by atoms with van der Waals surface area (Å²) in [5.74, 6) is 0.710. The van der Waals surface area contributed by atoms with Crippen LogP contribution in [0.5, 0.6) is 0 Å². The molecule has 8 aromatic rings. The van der Waals surface area contributed by atoms with Gasteiger partial charge in [-0.25, -0.2) is 0 Å². The first-order valence-corrected chi connectivity index (χ1v) is 19.5. The molecule has 0 radical (unpaired) electrons. The summed E-state index contributed by atoms with van der Waals surface area (Å²) in [5, 5.41) is 0. The molecule has 0 amide bonds. The molecule has 0 bridgehead atoms. The van der Waals surface area contributed by atoms with Crippen molar-refractivity contribution in [1.29, 1.82) is 0 Å². The number of fused-ring (bicyclic) bond motifs is 6. The van der Waals surface area contributed by atoms with Crippen molar-refractivity contribution in [1.82, 2.24) is 0 Å². The predicted octanol–water partition coefficient (Wildman–Crippen LogP) is 14.2. The number of hydrogen-bond donors (Lipinski definition) is 0. The normalized spacial score (nSPS) is 15.9. The summed E-state index contributed by atoms with van der Waals surface area (Å²) in [6.45, 7) is 0. The second-order valence-electron chi connectivity index (χ2n) is 15.1. The lowest BCUT2D eigenvalue weighted by atomic mass is 9.85. The Kier molecular flexibility index (Phi) is 8.38. The molecule has 0 heteroatoms. The van der Waals surface area contributed by atoms with E-state index in [-0.39, 0.29) is 0 Å². The number of hydrogen-bond acceptors (Lipinski definition) is 0. The largest absolute Gasteiger partial charge is 0.0622 e. The van der Waals surface area contributed by atoms with E-state index in [1.54, 1.807) is 0 Å². The van der Waals surface area contributed by atoms with Gasteiger partial charge in [-0.1, -0.05) is 182 Å². The zero-order chi connectivity index (χ0) is 35.8. The number of rotatable bonds is 5. The van der Waals surface area contributed by atoms with Crippen molar-refractivity contribution in [3.8, 4) is 55.6 Å². The third-order valence-electron chi connectivity index (χ3n) is 12.1. The van der Waals surface area contributed by atoms with Crippen molar-refractivity contribution < 1.29 is 0 Å². The highest BCUT2D eigenvalue weighted by Gasteiger charge is 2.26. The number of aryl methyl sites for hydroxylation is 2. The molecule has 2 unspecified atom stereocenters. The van der Waals surface area contributed by atoms with Gasteiger partial charge in [-0.15, -0.1) is 0 Å². The molecular weight excluding hydrogens is 649 g/mol. The Morgan fingerprint density at radius 1 is 0.278 bits per heavy atom. The van der Waals surface area contributed by atoms with Crippen LogP contribution >= 0.6 is 0 Å². The third-order valence-corrected chi connectivity index (χ3v) is 12.1. The van der Waals surface area contributed by atoms with Crippen molar-refractivity contribution in [3.63, 3.8) is 0 Å². The van der Waals surface area contributed by atoms with Crippen LogP contribution in [0.3, 0.4) is 0 Å². The molecule has 0 N–H and O–H groups in total. The summed E-state index contributed by atoms with van der Waals surface area (Å²) >= 11 is 0. The molecule has 0 aromatic heterocycles. The summed E-state index contributed by atoms with van der Waals surface area (Å²) in [5.41, 5.74) is 21.6. The van der Waals surface area contributed by atoms with Gasteiger partial charge >= 0.3 is 0 Å². The molecule has 0 heterocycles. The van der Waals surface area contributed by atoms with Gasteiger partial charge < -0.3 is 0 Å². The Labute approximate surface area is 319 Å². The van der Waals surface area contributed by atoms with Gasteiger partial charge in [-0.3, -0.25) is 0 Å². The van der Waals surface area contributed by atoms with Gasteiger partial charge in [0.05, 0.1) is 0 Å². The van der Waals surface area contributed by atoms with Crippen LogP contribution in [0, 0.1) is 0 Å². The molecule has 54 heavy (non-hydrogen) atoms. The minimum atomic E-state index is 0.355. The molecule has 0 nitrogen and oxygen atoms in total. The van der Waals surface area contributed by atoms with Gasteiger partial charge in [-0.2, -0.15) is 0 Å². The molecule has 2 aliphatic carbocycles. The zero-order valence-electron chi connectivity index (χ0n) is 30.5. The van der Waals surface area contributed by atoms with Crippen LogP contribution in [-0.2, 0) is 12.8 Å². The summed E-state index contributed by atoms with van der Waals surface area (Å²) in [6.07, 6.45) is 4.31. The zero-order valence-corrected chi connectivity index (χ0v) is 30.5. The van der Waals surface area contributed by atoms with Crippen LogP contribution in [0.15, 0.2) is 194 Å². The molecule has 2 atom stereocenters. The molecule has 258 valence electrons. The maximum Gasteiger partial charge on any atom is 0.00986 e. The molecule has 8 aromatic carbocycles. The minimum Gasteiger partial charge on any atom is -0.0622 e. The van der Waals surface area contributed by atoms with E-state index in [4.69, 9.17) is 0 Å². The smallest absolute Gasteiger partial charge is 0.00986 e. The molecular formula is C54H42. The van der Waals surface area contributed by atoms with Gasteiger partial charge in [0.15, 0.2) is 0 Å². The van der Waals surface area contributed by atoms with Crippen LogP contribution in [-0.4, -0.2) is 0 Å².